The van der Waals surface area contributed by atoms with Crippen LogP contribution >= 0.6 is 0 Å². The molecule has 0 rings (SSSR count). The van der Waals surface area contributed by atoms with E-state index in [0.29, 0.717) is 0 Å². The number of hydrogen-bond donors (Lipinski definition) is 1. The fourth-order valence-electron chi connectivity index (χ4n) is 0. The molecule has 0 saturated heterocycles. The van der Waals surface area contributed by atoms with Gasteiger partial charge in [-0.2, -0.15) is 0 Å². The van der Waals surface area contributed by atoms with Gasteiger partial charge in [-0.15, -0.1) is 4.66 Å². The fraction of sp³-hybridized carbons (Fsp3) is 0. The molecule has 0 aromatic heterocycles. The fourth-order valence-corrected chi connectivity index (χ4v) is 0. The number of halogens is 1. The van der Waals surface area contributed by atoms with Crippen LogP contribution in [0.5, 0.6) is 0 Å². The van der Waals surface area contributed by atoms with Gasteiger partial charge in [0.1, 0.15) is 0 Å². The van der Waals surface area contributed by atoms with E-state index < -0.39 is 0 Å². The Balaban J connectivity index is 0. The van der Waals surface area contributed by atoms with E-state index in [4.69, 9.17) is 9.32 Å². The van der Waals surface area contributed by atoms with Gasteiger partial charge in [0.25, 0.3) is 0 Å². The summed E-state index contributed by atoms with van der Waals surface area (Å²) in [4.78, 5) is 0. The molecule has 4 heavy (non-hydrogen) atoms. The summed E-state index contributed by atoms with van der Waals surface area (Å²) in [6.07, 6.45) is 0. The molecular weight excluding hydrogens is 108 g/mol. The van der Waals surface area contributed by atoms with Gasteiger partial charge < -0.3 is 4.66 Å². The molecule has 0 fully saturated rings. The van der Waals surface area contributed by atoms with E-state index in [1.54, 1.807) is 0 Å². The Morgan fingerprint density at radius 2 is 1.75 bits per heavy atom. The first kappa shape index (κ1) is 9.08. The van der Waals surface area contributed by atoms with E-state index in [2.05, 4.69) is 0 Å². The molecule has 4 heteroatoms. The van der Waals surface area contributed by atoms with Crippen LogP contribution in [-0.4, -0.2) is 42.4 Å². The van der Waals surface area contributed by atoms with Gasteiger partial charge in [0.2, 0.25) is 0 Å². The molecule has 24 valence electrons. The van der Waals surface area contributed by atoms with Gasteiger partial charge in [-0.05, 0) is 0 Å². The summed E-state index contributed by atoms with van der Waals surface area (Å²) >= 11 is -0.167. The van der Waals surface area contributed by atoms with Gasteiger partial charge in [0, 0.05) is 0 Å². The minimum atomic E-state index is -0.167. The molecule has 0 atom stereocenters. The molecule has 0 aromatic carbocycles. The monoisotopic (exact) mass is 110 g/mol. The molecule has 1 N–H and O–H groups in total. The summed E-state index contributed by atoms with van der Waals surface area (Å²) in [6, 6.07) is 0. The van der Waals surface area contributed by atoms with Crippen molar-refractivity contribution in [2.45, 2.75) is 0 Å². The van der Waals surface area contributed by atoms with Crippen LogP contribution < -0.4 is 4.66 Å². The molecule has 2 nitrogen and oxygen atoms in total. The third kappa shape index (κ3) is 9.80. The summed E-state index contributed by atoms with van der Waals surface area (Å²) in [7, 11) is 0. The zero-order valence-corrected chi connectivity index (χ0v) is 1.99. The first-order chi connectivity index (χ1) is 1.41. The quantitative estimate of drug-likeness (QED) is 0.346. The van der Waals surface area contributed by atoms with Crippen molar-refractivity contribution in [1.82, 2.24) is 0 Å². The SMILES string of the molecule is [CaH2].[O-][Cl+]O. The molecule has 0 heterocycles. The molecule has 0 aliphatic heterocycles. The van der Waals surface area contributed by atoms with Crippen LogP contribution in [0, 0.1) is 11.3 Å². The van der Waals surface area contributed by atoms with Crippen molar-refractivity contribution in [1.29, 1.82) is 0 Å². The molecular formula is H3CaClO2. The first-order valence-electron chi connectivity index (χ1n) is 0.323. The van der Waals surface area contributed by atoms with Crippen molar-refractivity contribution >= 4 is 37.7 Å². The average Bonchev–Trinajstić information content (AvgIpc) is 0.918. The van der Waals surface area contributed by atoms with Crippen molar-refractivity contribution in [3.63, 3.8) is 0 Å². The zero-order valence-electron chi connectivity index (χ0n) is 1.23. The van der Waals surface area contributed by atoms with E-state index in [-0.39, 0.29) is 49.1 Å². The maximum Gasteiger partial charge on any atom is 0.327 e. The van der Waals surface area contributed by atoms with Gasteiger partial charge in [0.15, 0.2) is 0 Å². The maximum absolute atomic E-state index is 8.35. The summed E-state index contributed by atoms with van der Waals surface area (Å²) in [6.45, 7) is 0. The van der Waals surface area contributed by atoms with Crippen LogP contribution in [0.1, 0.15) is 0 Å². The summed E-state index contributed by atoms with van der Waals surface area (Å²) in [5.41, 5.74) is 0. The second kappa shape index (κ2) is 8.82. The summed E-state index contributed by atoms with van der Waals surface area (Å²) in [5.74, 6) is 0. The molecule has 0 radical (unpaired) electrons. The summed E-state index contributed by atoms with van der Waals surface area (Å²) in [5, 5.41) is 0. The van der Waals surface area contributed by atoms with E-state index in [0.717, 1.165) is 0 Å². The third-order valence-corrected chi connectivity index (χ3v) is 0. The van der Waals surface area contributed by atoms with Crippen molar-refractivity contribution in [3.8, 4) is 0 Å². The Morgan fingerprint density at radius 3 is 1.75 bits per heavy atom. The Labute approximate surface area is 57.9 Å². The summed E-state index contributed by atoms with van der Waals surface area (Å²) < 4.78 is 15.2. The molecule has 0 amide bonds. The molecule has 0 aliphatic carbocycles. The smallest absolute Gasteiger partial charge is 0.327 e. The Hall–Kier alpha value is 1.47. The molecule has 0 saturated carbocycles. The predicted molar refractivity (Wildman–Crippen MR) is 10.8 cm³/mol. The van der Waals surface area contributed by atoms with E-state index >= 15 is 0 Å². The minimum absolute atomic E-state index is 0. The second-order valence-corrected chi connectivity index (χ2v) is 0.207. The van der Waals surface area contributed by atoms with Gasteiger partial charge in [-0.25, -0.2) is 0 Å². The second-order valence-electron chi connectivity index (χ2n) is 0.0690. The third-order valence-electron chi connectivity index (χ3n) is 0. The molecule has 0 unspecified atom stereocenters. The largest absolute Gasteiger partial charge is 0.506 e. The van der Waals surface area contributed by atoms with Crippen molar-refractivity contribution in [3.05, 3.63) is 0 Å². The van der Waals surface area contributed by atoms with Crippen LogP contribution in [0.3, 0.4) is 0 Å². The average molecular weight is 111 g/mol. The van der Waals surface area contributed by atoms with Gasteiger partial charge in [-0.3, -0.25) is 0 Å². The number of rotatable bonds is 0. The van der Waals surface area contributed by atoms with E-state index in [1.165, 1.54) is 0 Å². The molecule has 0 aromatic rings. The number of hydrogen-bond acceptors (Lipinski definition) is 2. The Morgan fingerprint density at radius 1 is 1.75 bits per heavy atom. The maximum atomic E-state index is 8.35. The van der Waals surface area contributed by atoms with Crippen LogP contribution in [0.15, 0.2) is 0 Å². The molecule has 0 spiro atoms. The molecule has 0 bridgehead atoms. The van der Waals surface area contributed by atoms with Crippen LogP contribution in [0.2, 0.25) is 0 Å². The van der Waals surface area contributed by atoms with Gasteiger partial charge in [-0.1, -0.05) is 0 Å². The van der Waals surface area contributed by atoms with Crippen molar-refractivity contribution in [2.75, 3.05) is 0 Å². The normalized spacial score (nSPS) is 4.50. The first-order valence-corrected chi connectivity index (χ1v) is 0.970. The predicted octanol–water partition coefficient (Wildman–Crippen LogP) is -2.66. The van der Waals surface area contributed by atoms with E-state index in [9.17, 15) is 0 Å². The standard InChI is InChI=1S/Ca.ClHO2.2H/c;2-1-3;;/h;2H;;. The Kier molecular flexibility index (Phi) is 20.0. The van der Waals surface area contributed by atoms with Gasteiger partial charge in [0.05, 0.1) is 0 Å². The van der Waals surface area contributed by atoms with E-state index in [1.807, 2.05) is 0 Å². The minimum Gasteiger partial charge on any atom is -0.506 e. The topological polar surface area (TPSA) is 43.3 Å². The van der Waals surface area contributed by atoms with Crippen molar-refractivity contribution < 1.29 is 20.6 Å². The molecule has 0 aliphatic rings. The zero-order chi connectivity index (χ0) is 2.71. The van der Waals surface area contributed by atoms with Crippen LogP contribution in [0.25, 0.3) is 0 Å². The van der Waals surface area contributed by atoms with Crippen LogP contribution in [-0.2, 0) is 0 Å². The Bertz CT molecular complexity index is 6.00. The van der Waals surface area contributed by atoms with Crippen LogP contribution in [0.4, 0.5) is 0 Å². The van der Waals surface area contributed by atoms with Gasteiger partial charge >= 0.3 is 49.1 Å². The van der Waals surface area contributed by atoms with Crippen molar-refractivity contribution in [2.24, 2.45) is 0 Å².